The molecule has 1 aliphatic rings. The van der Waals surface area contributed by atoms with Crippen LogP contribution in [0.2, 0.25) is 0 Å². The average Bonchev–Trinajstić information content (AvgIpc) is 2.67. The monoisotopic (exact) mass is 419 g/mol. The lowest BCUT2D eigenvalue weighted by Gasteiger charge is -2.37. The standard InChI is InChI=1S/C22H33N3O5/c1-13(20(27)25-16-9-7-15(8-10-16)22(3,4)5)24-21(28)18-19(30-14(2)26)17(29-6)11-12-23-18/h11-13,15-16H,7-10H2,1-6H3,(H,24,28)(H,25,27)/t13-,15?,16?/m0/s1. The number of nitrogens with one attached hydrogen (secondary N) is 2. The van der Waals surface area contributed by atoms with E-state index in [4.69, 9.17) is 9.47 Å². The van der Waals surface area contributed by atoms with E-state index < -0.39 is 17.9 Å². The molecule has 0 spiro atoms. The van der Waals surface area contributed by atoms with Crippen LogP contribution in [0, 0.1) is 11.3 Å². The third-order valence-electron chi connectivity index (χ3n) is 5.59. The molecule has 0 saturated heterocycles. The fraction of sp³-hybridized carbons (Fsp3) is 0.636. The fourth-order valence-corrected chi connectivity index (χ4v) is 3.76. The molecule has 1 heterocycles. The van der Waals surface area contributed by atoms with Gasteiger partial charge < -0.3 is 20.1 Å². The van der Waals surface area contributed by atoms with E-state index in [1.54, 1.807) is 6.92 Å². The number of carbonyl (C=O) groups is 3. The second-order valence-electron chi connectivity index (χ2n) is 8.90. The van der Waals surface area contributed by atoms with Gasteiger partial charge in [-0.1, -0.05) is 20.8 Å². The van der Waals surface area contributed by atoms with Gasteiger partial charge in [0.25, 0.3) is 5.91 Å². The number of carbonyl (C=O) groups excluding carboxylic acids is 3. The summed E-state index contributed by atoms with van der Waals surface area (Å²) in [6.07, 6.45) is 5.40. The molecule has 0 bridgehead atoms. The first-order valence-electron chi connectivity index (χ1n) is 10.4. The second kappa shape index (κ2) is 9.91. The van der Waals surface area contributed by atoms with Crippen LogP contribution in [0.4, 0.5) is 0 Å². The number of pyridine rings is 1. The molecule has 2 rings (SSSR count). The first-order chi connectivity index (χ1) is 14.0. The normalized spacial score (nSPS) is 20.1. The number of ether oxygens (including phenoxy) is 2. The van der Waals surface area contributed by atoms with Crippen molar-refractivity contribution in [2.45, 2.75) is 72.4 Å². The number of amides is 2. The van der Waals surface area contributed by atoms with Gasteiger partial charge in [0.2, 0.25) is 11.7 Å². The average molecular weight is 420 g/mol. The number of rotatable bonds is 6. The Balaban J connectivity index is 1.98. The van der Waals surface area contributed by atoms with Crippen molar-refractivity contribution in [3.05, 3.63) is 18.0 Å². The molecule has 1 aromatic heterocycles. The van der Waals surface area contributed by atoms with Gasteiger partial charge >= 0.3 is 5.97 Å². The lowest BCUT2D eigenvalue weighted by Crippen LogP contribution is -2.49. The van der Waals surface area contributed by atoms with Crippen molar-refractivity contribution in [3.63, 3.8) is 0 Å². The van der Waals surface area contributed by atoms with Crippen LogP contribution in [0.3, 0.4) is 0 Å². The number of nitrogens with zero attached hydrogens (tertiary/aromatic N) is 1. The van der Waals surface area contributed by atoms with Crippen LogP contribution in [0.25, 0.3) is 0 Å². The molecule has 1 aromatic rings. The van der Waals surface area contributed by atoms with Crippen molar-refractivity contribution in [3.8, 4) is 11.5 Å². The van der Waals surface area contributed by atoms with E-state index in [-0.39, 0.29) is 34.6 Å². The summed E-state index contributed by atoms with van der Waals surface area (Å²) in [5, 5.41) is 5.66. The van der Waals surface area contributed by atoms with E-state index in [0.717, 1.165) is 25.7 Å². The van der Waals surface area contributed by atoms with Gasteiger partial charge in [-0.3, -0.25) is 14.4 Å². The molecule has 2 N–H and O–H groups in total. The topological polar surface area (TPSA) is 107 Å². The van der Waals surface area contributed by atoms with Gasteiger partial charge in [-0.15, -0.1) is 0 Å². The van der Waals surface area contributed by atoms with Crippen LogP contribution in [0.5, 0.6) is 11.5 Å². The number of methoxy groups -OCH3 is 1. The molecule has 1 fully saturated rings. The third kappa shape index (κ3) is 6.18. The Kier molecular flexibility index (Phi) is 7.81. The van der Waals surface area contributed by atoms with E-state index >= 15 is 0 Å². The van der Waals surface area contributed by atoms with Gasteiger partial charge in [0.05, 0.1) is 7.11 Å². The maximum atomic E-state index is 12.7. The minimum atomic E-state index is -0.768. The minimum absolute atomic E-state index is 0.0712. The predicted octanol–water partition coefficient (Wildman–Crippen LogP) is 2.85. The van der Waals surface area contributed by atoms with Crippen molar-refractivity contribution in [1.82, 2.24) is 15.6 Å². The Labute approximate surface area is 178 Å². The Hall–Kier alpha value is -2.64. The van der Waals surface area contributed by atoms with Crippen LogP contribution >= 0.6 is 0 Å². The first-order valence-corrected chi connectivity index (χ1v) is 10.4. The molecule has 0 aromatic carbocycles. The molecule has 0 unspecified atom stereocenters. The van der Waals surface area contributed by atoms with Gasteiger partial charge in [0, 0.05) is 25.2 Å². The molecule has 0 radical (unpaired) electrons. The molecular weight excluding hydrogens is 386 g/mol. The maximum absolute atomic E-state index is 12.7. The Morgan fingerprint density at radius 1 is 1.17 bits per heavy atom. The summed E-state index contributed by atoms with van der Waals surface area (Å²) in [5.41, 5.74) is 0.162. The summed E-state index contributed by atoms with van der Waals surface area (Å²) in [4.78, 5) is 40.7. The summed E-state index contributed by atoms with van der Waals surface area (Å²) in [5.74, 6) is -0.687. The SMILES string of the molecule is COc1ccnc(C(=O)N[C@@H](C)C(=O)NC2CCC(C(C)(C)C)CC2)c1OC(C)=O. The Morgan fingerprint density at radius 3 is 2.33 bits per heavy atom. The first kappa shape index (κ1) is 23.6. The number of esters is 1. The van der Waals surface area contributed by atoms with Crippen molar-refractivity contribution in [2.24, 2.45) is 11.3 Å². The zero-order chi connectivity index (χ0) is 22.5. The van der Waals surface area contributed by atoms with Crippen molar-refractivity contribution >= 4 is 17.8 Å². The predicted molar refractivity (Wildman–Crippen MR) is 112 cm³/mol. The van der Waals surface area contributed by atoms with E-state index in [0.29, 0.717) is 5.92 Å². The van der Waals surface area contributed by atoms with E-state index in [1.165, 1.54) is 26.3 Å². The van der Waals surface area contributed by atoms with E-state index in [1.807, 2.05) is 0 Å². The molecule has 1 atom stereocenters. The van der Waals surface area contributed by atoms with Crippen LogP contribution < -0.4 is 20.1 Å². The zero-order valence-electron chi connectivity index (χ0n) is 18.7. The van der Waals surface area contributed by atoms with Crippen molar-refractivity contribution < 1.29 is 23.9 Å². The number of aromatic nitrogens is 1. The van der Waals surface area contributed by atoms with Gasteiger partial charge in [-0.25, -0.2) is 4.98 Å². The quantitative estimate of drug-likeness (QED) is 0.687. The molecule has 166 valence electrons. The fourth-order valence-electron chi connectivity index (χ4n) is 3.76. The summed E-state index contributed by atoms with van der Waals surface area (Å²) < 4.78 is 10.2. The molecule has 2 amide bonds. The summed E-state index contributed by atoms with van der Waals surface area (Å²) in [6, 6.07) is 0.831. The lowest BCUT2D eigenvalue weighted by molar-refractivity contribution is -0.132. The van der Waals surface area contributed by atoms with Gasteiger partial charge in [0.15, 0.2) is 11.4 Å². The third-order valence-corrected chi connectivity index (χ3v) is 5.59. The molecular formula is C22H33N3O5. The van der Waals surface area contributed by atoms with E-state index in [9.17, 15) is 14.4 Å². The van der Waals surface area contributed by atoms with Crippen LogP contribution in [-0.4, -0.2) is 42.0 Å². The molecule has 30 heavy (non-hydrogen) atoms. The highest BCUT2D eigenvalue weighted by Crippen LogP contribution is 2.37. The van der Waals surface area contributed by atoms with Crippen LogP contribution in [0.1, 0.15) is 70.8 Å². The molecule has 0 aliphatic heterocycles. The highest BCUT2D eigenvalue weighted by molar-refractivity contribution is 5.99. The van der Waals surface area contributed by atoms with Gasteiger partial charge in [0.1, 0.15) is 6.04 Å². The summed E-state index contributed by atoms with van der Waals surface area (Å²) in [6.45, 7) is 9.60. The smallest absolute Gasteiger partial charge is 0.308 e. The summed E-state index contributed by atoms with van der Waals surface area (Å²) >= 11 is 0. The highest BCUT2D eigenvalue weighted by atomic mass is 16.6. The molecule has 1 saturated carbocycles. The van der Waals surface area contributed by atoms with Crippen molar-refractivity contribution in [1.29, 1.82) is 0 Å². The van der Waals surface area contributed by atoms with Crippen LogP contribution in [-0.2, 0) is 9.59 Å². The number of hydrogen-bond acceptors (Lipinski definition) is 6. The Bertz CT molecular complexity index is 779. The minimum Gasteiger partial charge on any atom is -0.493 e. The molecule has 8 heteroatoms. The highest BCUT2D eigenvalue weighted by Gasteiger charge is 2.31. The second-order valence-corrected chi connectivity index (χ2v) is 8.90. The van der Waals surface area contributed by atoms with Gasteiger partial charge in [-0.05, 0) is 43.9 Å². The number of hydrogen-bond donors (Lipinski definition) is 2. The van der Waals surface area contributed by atoms with Gasteiger partial charge in [-0.2, -0.15) is 0 Å². The van der Waals surface area contributed by atoms with E-state index in [2.05, 4.69) is 36.4 Å². The molecule has 8 nitrogen and oxygen atoms in total. The van der Waals surface area contributed by atoms with Crippen LogP contribution in [0.15, 0.2) is 12.3 Å². The Morgan fingerprint density at radius 2 is 1.80 bits per heavy atom. The largest absolute Gasteiger partial charge is 0.493 e. The lowest BCUT2D eigenvalue weighted by atomic mass is 9.71. The maximum Gasteiger partial charge on any atom is 0.308 e. The summed E-state index contributed by atoms with van der Waals surface area (Å²) in [7, 11) is 1.40. The zero-order valence-corrected chi connectivity index (χ0v) is 18.7. The van der Waals surface area contributed by atoms with Crippen molar-refractivity contribution in [2.75, 3.05) is 7.11 Å². The molecule has 1 aliphatic carbocycles.